The van der Waals surface area contributed by atoms with Crippen LogP contribution in [0.25, 0.3) is 0 Å². The lowest BCUT2D eigenvalue weighted by Gasteiger charge is -2.20. The van der Waals surface area contributed by atoms with Crippen LogP contribution in [0.3, 0.4) is 0 Å². The van der Waals surface area contributed by atoms with Gasteiger partial charge in [-0.15, -0.1) is 0 Å². The maximum Gasteiger partial charge on any atom is 0.253 e. The van der Waals surface area contributed by atoms with Crippen LogP contribution in [0.5, 0.6) is 0 Å². The van der Waals surface area contributed by atoms with E-state index in [0.29, 0.717) is 24.3 Å². The van der Waals surface area contributed by atoms with Gasteiger partial charge in [-0.3, -0.25) is 9.59 Å². The second kappa shape index (κ2) is 8.54. The number of nitrogens with zero attached hydrogens (tertiary/aromatic N) is 1. The number of hydrogen-bond acceptors (Lipinski definition) is 3. The van der Waals surface area contributed by atoms with Gasteiger partial charge in [0, 0.05) is 37.9 Å². The molecule has 0 spiro atoms. The Balaban J connectivity index is 1.95. The predicted molar refractivity (Wildman–Crippen MR) is 85.0 cm³/mol. The second-order valence-corrected chi connectivity index (χ2v) is 5.53. The molecular weight excluding hydrogens is 280 g/mol. The van der Waals surface area contributed by atoms with Crippen molar-refractivity contribution in [3.63, 3.8) is 0 Å². The molecule has 22 heavy (non-hydrogen) atoms. The van der Waals surface area contributed by atoms with E-state index in [1.54, 1.807) is 31.4 Å². The third-order valence-corrected chi connectivity index (χ3v) is 3.88. The van der Waals surface area contributed by atoms with Gasteiger partial charge in [-0.05, 0) is 37.1 Å². The van der Waals surface area contributed by atoms with Crippen LogP contribution in [0.1, 0.15) is 46.4 Å². The third-order valence-electron chi connectivity index (χ3n) is 3.88. The van der Waals surface area contributed by atoms with Crippen LogP contribution in [0.15, 0.2) is 24.3 Å². The van der Waals surface area contributed by atoms with E-state index < -0.39 is 0 Å². The Bertz CT molecular complexity index is 491. The smallest absolute Gasteiger partial charge is 0.253 e. The van der Waals surface area contributed by atoms with Crippen molar-refractivity contribution in [1.82, 2.24) is 10.2 Å². The summed E-state index contributed by atoms with van der Waals surface area (Å²) in [6.45, 7) is 2.62. The Morgan fingerprint density at radius 1 is 1.05 bits per heavy atom. The fraction of sp³-hybridized carbons (Fsp3) is 0.529. The van der Waals surface area contributed by atoms with Gasteiger partial charge in [0.15, 0.2) is 0 Å². The molecule has 5 heteroatoms. The first-order valence-corrected chi connectivity index (χ1v) is 7.89. The van der Waals surface area contributed by atoms with Crippen molar-refractivity contribution >= 4 is 11.8 Å². The third kappa shape index (κ3) is 4.56. The lowest BCUT2D eigenvalue weighted by molar-refractivity contribution is 0.0761. The number of rotatable bonds is 5. The zero-order valence-electron chi connectivity index (χ0n) is 13.1. The fourth-order valence-electron chi connectivity index (χ4n) is 2.59. The Morgan fingerprint density at radius 2 is 1.64 bits per heavy atom. The molecule has 5 nitrogen and oxygen atoms in total. The highest BCUT2D eigenvalue weighted by Crippen LogP contribution is 2.14. The van der Waals surface area contributed by atoms with E-state index in [-0.39, 0.29) is 11.8 Å². The van der Waals surface area contributed by atoms with Crippen molar-refractivity contribution in [3.05, 3.63) is 35.4 Å². The Labute approximate surface area is 131 Å². The summed E-state index contributed by atoms with van der Waals surface area (Å²) in [5, 5.41) is 2.76. The molecule has 0 atom stereocenters. The summed E-state index contributed by atoms with van der Waals surface area (Å²) in [5.41, 5.74) is 1.21. The minimum Gasteiger partial charge on any atom is -0.383 e. The molecule has 1 aliphatic heterocycles. The van der Waals surface area contributed by atoms with Gasteiger partial charge in [0.25, 0.3) is 11.8 Å². The van der Waals surface area contributed by atoms with E-state index in [2.05, 4.69) is 5.32 Å². The quantitative estimate of drug-likeness (QED) is 0.847. The summed E-state index contributed by atoms with van der Waals surface area (Å²) in [5.74, 6) is -0.0842. The van der Waals surface area contributed by atoms with Gasteiger partial charge in [-0.2, -0.15) is 0 Å². The number of benzene rings is 1. The van der Waals surface area contributed by atoms with Gasteiger partial charge in [0.1, 0.15) is 0 Å². The number of ether oxygens (including phenoxy) is 1. The van der Waals surface area contributed by atoms with Crippen LogP contribution in [-0.2, 0) is 4.74 Å². The van der Waals surface area contributed by atoms with E-state index >= 15 is 0 Å². The van der Waals surface area contributed by atoms with E-state index in [0.717, 1.165) is 25.9 Å². The van der Waals surface area contributed by atoms with Crippen LogP contribution < -0.4 is 5.32 Å². The maximum atomic E-state index is 12.5. The van der Waals surface area contributed by atoms with Gasteiger partial charge in [0.05, 0.1) is 6.61 Å². The van der Waals surface area contributed by atoms with Crippen molar-refractivity contribution in [2.75, 3.05) is 33.4 Å². The van der Waals surface area contributed by atoms with Crippen LogP contribution in [0.4, 0.5) is 0 Å². The van der Waals surface area contributed by atoms with Crippen LogP contribution in [0, 0.1) is 0 Å². The summed E-state index contributed by atoms with van der Waals surface area (Å²) in [6, 6.07) is 6.87. The average molecular weight is 304 g/mol. The zero-order valence-corrected chi connectivity index (χ0v) is 13.1. The molecule has 1 saturated heterocycles. The monoisotopic (exact) mass is 304 g/mol. The molecule has 0 radical (unpaired) electrons. The van der Waals surface area contributed by atoms with Gasteiger partial charge in [-0.1, -0.05) is 12.8 Å². The molecule has 0 unspecified atom stereocenters. The first kappa shape index (κ1) is 16.5. The second-order valence-electron chi connectivity index (χ2n) is 5.53. The van der Waals surface area contributed by atoms with E-state index in [9.17, 15) is 9.59 Å². The molecule has 0 aromatic heterocycles. The summed E-state index contributed by atoms with van der Waals surface area (Å²) in [6.07, 6.45) is 4.55. The van der Waals surface area contributed by atoms with Gasteiger partial charge in [0.2, 0.25) is 0 Å². The number of carbonyl (C=O) groups is 2. The number of hydrogen-bond donors (Lipinski definition) is 1. The van der Waals surface area contributed by atoms with Crippen molar-refractivity contribution in [2.24, 2.45) is 0 Å². The summed E-state index contributed by atoms with van der Waals surface area (Å²) in [7, 11) is 1.59. The van der Waals surface area contributed by atoms with Crippen molar-refractivity contribution in [1.29, 1.82) is 0 Å². The fourth-order valence-corrected chi connectivity index (χ4v) is 2.59. The number of amides is 2. The van der Waals surface area contributed by atoms with Gasteiger partial charge in [-0.25, -0.2) is 0 Å². The lowest BCUT2D eigenvalue weighted by Crippen LogP contribution is -2.32. The molecule has 1 fully saturated rings. The van der Waals surface area contributed by atoms with Crippen LogP contribution >= 0.6 is 0 Å². The van der Waals surface area contributed by atoms with E-state index in [1.165, 1.54) is 12.8 Å². The van der Waals surface area contributed by atoms with E-state index in [4.69, 9.17) is 4.74 Å². The summed E-state index contributed by atoms with van der Waals surface area (Å²) in [4.78, 5) is 26.3. The molecule has 0 aliphatic carbocycles. The minimum absolute atomic E-state index is 0.0632. The normalized spacial score (nSPS) is 15.2. The molecule has 1 aromatic rings. The number of nitrogens with one attached hydrogen (secondary N) is 1. The van der Waals surface area contributed by atoms with Gasteiger partial charge >= 0.3 is 0 Å². The largest absolute Gasteiger partial charge is 0.383 e. The Hall–Kier alpha value is -1.88. The average Bonchev–Trinajstić information content (AvgIpc) is 2.84. The highest BCUT2D eigenvalue weighted by molar-refractivity contribution is 5.97. The topological polar surface area (TPSA) is 58.6 Å². The van der Waals surface area contributed by atoms with Crippen molar-refractivity contribution in [2.45, 2.75) is 25.7 Å². The standard InChI is InChI=1S/C17H24N2O3/c1-22-13-10-18-16(20)14-6-8-15(9-7-14)17(21)19-11-4-2-3-5-12-19/h6-9H,2-5,10-13H2,1H3,(H,18,20). The molecule has 1 heterocycles. The predicted octanol–water partition coefficient (Wildman–Crippen LogP) is 2.08. The van der Waals surface area contributed by atoms with E-state index in [1.807, 2.05) is 4.90 Å². The Morgan fingerprint density at radius 3 is 2.23 bits per heavy atom. The molecule has 2 rings (SSSR count). The number of methoxy groups -OCH3 is 1. The molecule has 1 aromatic carbocycles. The lowest BCUT2D eigenvalue weighted by atomic mass is 10.1. The van der Waals surface area contributed by atoms with Gasteiger partial charge < -0.3 is 15.0 Å². The molecular formula is C17H24N2O3. The summed E-state index contributed by atoms with van der Waals surface area (Å²) < 4.78 is 4.89. The van der Waals surface area contributed by atoms with Crippen LogP contribution in [0.2, 0.25) is 0 Å². The zero-order chi connectivity index (χ0) is 15.8. The molecule has 0 saturated carbocycles. The molecule has 1 aliphatic rings. The first-order chi connectivity index (χ1) is 10.7. The molecule has 1 N–H and O–H groups in total. The maximum absolute atomic E-state index is 12.5. The van der Waals surface area contributed by atoms with Crippen LogP contribution in [-0.4, -0.2) is 50.1 Å². The minimum atomic E-state index is -0.147. The molecule has 2 amide bonds. The highest BCUT2D eigenvalue weighted by atomic mass is 16.5. The van der Waals surface area contributed by atoms with Crippen molar-refractivity contribution in [3.8, 4) is 0 Å². The van der Waals surface area contributed by atoms with Crippen molar-refractivity contribution < 1.29 is 14.3 Å². The molecule has 120 valence electrons. The number of carbonyl (C=O) groups excluding carboxylic acids is 2. The Kier molecular flexibility index (Phi) is 6.40. The summed E-state index contributed by atoms with van der Waals surface area (Å²) >= 11 is 0. The first-order valence-electron chi connectivity index (χ1n) is 7.89. The SMILES string of the molecule is COCCNC(=O)c1ccc(C(=O)N2CCCCCC2)cc1. The number of likely N-dealkylation sites (tertiary alicyclic amines) is 1. The highest BCUT2D eigenvalue weighted by Gasteiger charge is 2.17. The molecule has 0 bridgehead atoms.